The number of rotatable bonds is 3. The minimum atomic E-state index is 0.201. The van der Waals surface area contributed by atoms with Crippen molar-refractivity contribution in [2.75, 3.05) is 31.3 Å². The highest BCUT2D eigenvalue weighted by Gasteiger charge is 2.39. The first kappa shape index (κ1) is 14.2. The summed E-state index contributed by atoms with van der Waals surface area (Å²) in [4.78, 5) is 0. The maximum Gasteiger partial charge on any atom is 0.0713 e. The zero-order chi connectivity index (χ0) is 13.1. The van der Waals surface area contributed by atoms with Gasteiger partial charge in [-0.25, -0.2) is 0 Å². The fraction of sp³-hybridized carbons (Fsp3) is 1.00. The molecule has 1 spiro atoms. The lowest BCUT2D eigenvalue weighted by atomic mass is 9.84. The van der Waals surface area contributed by atoms with Crippen molar-refractivity contribution in [3.05, 3.63) is 0 Å². The average Bonchev–Trinajstić information content (AvgIpc) is 2.93. The predicted molar refractivity (Wildman–Crippen MR) is 79.8 cm³/mol. The van der Waals surface area contributed by atoms with E-state index in [0.29, 0.717) is 18.0 Å². The van der Waals surface area contributed by atoms with E-state index >= 15 is 0 Å². The maximum atomic E-state index is 6.17. The standard InChI is InChI=1S/C15H27NO2S/c1-12(13-2-6-17-11-13)16-14-3-7-18-15(10-14)4-8-19-9-5-15/h12-14,16H,2-11H2,1H3. The third-order valence-electron chi connectivity index (χ3n) is 5.07. The van der Waals surface area contributed by atoms with Crippen molar-refractivity contribution < 1.29 is 9.47 Å². The lowest BCUT2D eigenvalue weighted by molar-refractivity contribution is -0.0946. The molecule has 0 aromatic rings. The van der Waals surface area contributed by atoms with E-state index in [1.807, 2.05) is 0 Å². The van der Waals surface area contributed by atoms with E-state index in [4.69, 9.17) is 9.47 Å². The molecule has 3 rings (SSSR count). The highest BCUT2D eigenvalue weighted by atomic mass is 32.2. The summed E-state index contributed by atoms with van der Waals surface area (Å²) in [7, 11) is 0. The van der Waals surface area contributed by atoms with E-state index in [9.17, 15) is 0 Å². The van der Waals surface area contributed by atoms with Crippen LogP contribution in [0.1, 0.15) is 39.0 Å². The Morgan fingerprint density at radius 3 is 2.79 bits per heavy atom. The van der Waals surface area contributed by atoms with Gasteiger partial charge in [0.25, 0.3) is 0 Å². The summed E-state index contributed by atoms with van der Waals surface area (Å²) in [6, 6.07) is 1.23. The number of nitrogens with one attached hydrogen (secondary N) is 1. The molecule has 1 N–H and O–H groups in total. The van der Waals surface area contributed by atoms with Crippen molar-refractivity contribution in [3.63, 3.8) is 0 Å². The van der Waals surface area contributed by atoms with Gasteiger partial charge in [0, 0.05) is 25.3 Å². The first-order chi connectivity index (χ1) is 9.27. The molecule has 0 aliphatic carbocycles. The molecule has 0 aromatic heterocycles. The van der Waals surface area contributed by atoms with Crippen LogP contribution in [0.4, 0.5) is 0 Å². The van der Waals surface area contributed by atoms with E-state index in [1.54, 1.807) is 0 Å². The molecule has 0 radical (unpaired) electrons. The number of hydrogen-bond acceptors (Lipinski definition) is 4. The highest BCUT2D eigenvalue weighted by Crippen LogP contribution is 2.37. The van der Waals surface area contributed by atoms with Gasteiger partial charge in [0.2, 0.25) is 0 Å². The lowest BCUT2D eigenvalue weighted by Crippen LogP contribution is -2.51. The fourth-order valence-electron chi connectivity index (χ4n) is 3.72. The van der Waals surface area contributed by atoms with Gasteiger partial charge in [-0.15, -0.1) is 0 Å². The lowest BCUT2D eigenvalue weighted by Gasteiger charge is -2.44. The molecule has 0 aromatic carbocycles. The molecule has 3 nitrogen and oxygen atoms in total. The van der Waals surface area contributed by atoms with Crippen LogP contribution < -0.4 is 5.32 Å². The molecule has 3 aliphatic rings. The molecule has 3 aliphatic heterocycles. The summed E-state index contributed by atoms with van der Waals surface area (Å²) >= 11 is 2.08. The molecule has 3 fully saturated rings. The van der Waals surface area contributed by atoms with Crippen LogP contribution in [0, 0.1) is 5.92 Å². The van der Waals surface area contributed by atoms with Crippen LogP contribution in [0.5, 0.6) is 0 Å². The molecule has 0 bridgehead atoms. The van der Waals surface area contributed by atoms with E-state index in [2.05, 4.69) is 24.0 Å². The molecule has 4 heteroatoms. The Morgan fingerprint density at radius 2 is 2.05 bits per heavy atom. The predicted octanol–water partition coefficient (Wildman–Crippen LogP) is 2.45. The first-order valence-electron chi connectivity index (χ1n) is 7.83. The molecular formula is C15H27NO2S. The molecule has 3 atom stereocenters. The highest BCUT2D eigenvalue weighted by molar-refractivity contribution is 7.99. The number of hydrogen-bond donors (Lipinski definition) is 1. The van der Waals surface area contributed by atoms with Gasteiger partial charge in [-0.1, -0.05) is 0 Å². The Kier molecular flexibility index (Phi) is 4.73. The largest absolute Gasteiger partial charge is 0.381 e. The fourth-order valence-corrected chi connectivity index (χ4v) is 4.95. The SMILES string of the molecule is CC(NC1CCOC2(CCSCC2)C1)C1CCOC1. The monoisotopic (exact) mass is 285 g/mol. The molecule has 0 amide bonds. The van der Waals surface area contributed by atoms with E-state index in [-0.39, 0.29) is 5.60 Å². The van der Waals surface area contributed by atoms with Crippen molar-refractivity contribution in [1.82, 2.24) is 5.32 Å². The van der Waals surface area contributed by atoms with Crippen LogP contribution >= 0.6 is 11.8 Å². The summed E-state index contributed by atoms with van der Waals surface area (Å²) in [6.07, 6.45) is 6.10. The zero-order valence-corrected chi connectivity index (χ0v) is 12.8. The van der Waals surface area contributed by atoms with Crippen LogP contribution in [0.2, 0.25) is 0 Å². The third kappa shape index (κ3) is 3.46. The molecular weight excluding hydrogens is 258 g/mol. The molecule has 19 heavy (non-hydrogen) atoms. The Hall–Kier alpha value is 0.230. The van der Waals surface area contributed by atoms with Crippen molar-refractivity contribution >= 4 is 11.8 Å². The van der Waals surface area contributed by atoms with Crippen molar-refractivity contribution in [2.45, 2.75) is 56.7 Å². The van der Waals surface area contributed by atoms with Gasteiger partial charge in [-0.3, -0.25) is 0 Å². The first-order valence-corrected chi connectivity index (χ1v) is 8.98. The smallest absolute Gasteiger partial charge is 0.0713 e. The number of thioether (sulfide) groups is 1. The van der Waals surface area contributed by atoms with Gasteiger partial charge in [0.15, 0.2) is 0 Å². The Morgan fingerprint density at radius 1 is 1.21 bits per heavy atom. The summed E-state index contributed by atoms with van der Waals surface area (Å²) in [5.74, 6) is 3.26. The molecule has 0 saturated carbocycles. The molecule has 110 valence electrons. The van der Waals surface area contributed by atoms with Gasteiger partial charge in [0.05, 0.1) is 12.2 Å². The zero-order valence-electron chi connectivity index (χ0n) is 12.0. The molecule has 3 heterocycles. The van der Waals surface area contributed by atoms with Crippen molar-refractivity contribution in [2.24, 2.45) is 5.92 Å². The Bertz CT molecular complexity index is 282. The Labute approximate surface area is 121 Å². The normalized spacial score (nSPS) is 36.5. The van der Waals surface area contributed by atoms with Gasteiger partial charge in [-0.05, 0) is 56.5 Å². The topological polar surface area (TPSA) is 30.5 Å². The van der Waals surface area contributed by atoms with Crippen LogP contribution in [-0.2, 0) is 9.47 Å². The second-order valence-corrected chi connectivity index (χ2v) is 7.64. The van der Waals surface area contributed by atoms with Gasteiger partial charge < -0.3 is 14.8 Å². The van der Waals surface area contributed by atoms with E-state index in [0.717, 1.165) is 19.8 Å². The van der Waals surface area contributed by atoms with Crippen molar-refractivity contribution in [3.8, 4) is 0 Å². The summed E-state index contributed by atoms with van der Waals surface area (Å²) in [5, 5.41) is 3.87. The summed E-state index contributed by atoms with van der Waals surface area (Å²) in [5.41, 5.74) is 0.201. The van der Waals surface area contributed by atoms with Gasteiger partial charge in [0.1, 0.15) is 0 Å². The van der Waals surface area contributed by atoms with Crippen LogP contribution in [-0.4, -0.2) is 49.0 Å². The molecule has 3 unspecified atom stereocenters. The summed E-state index contributed by atoms with van der Waals surface area (Å²) in [6.45, 7) is 5.17. The van der Waals surface area contributed by atoms with Crippen LogP contribution in [0.15, 0.2) is 0 Å². The quantitative estimate of drug-likeness (QED) is 0.863. The second kappa shape index (κ2) is 6.33. The second-order valence-electron chi connectivity index (χ2n) is 6.41. The van der Waals surface area contributed by atoms with Gasteiger partial charge in [-0.2, -0.15) is 11.8 Å². The van der Waals surface area contributed by atoms with E-state index in [1.165, 1.54) is 43.6 Å². The summed E-state index contributed by atoms with van der Waals surface area (Å²) < 4.78 is 11.7. The minimum Gasteiger partial charge on any atom is -0.381 e. The average molecular weight is 285 g/mol. The number of ether oxygens (including phenoxy) is 2. The van der Waals surface area contributed by atoms with Crippen LogP contribution in [0.3, 0.4) is 0 Å². The van der Waals surface area contributed by atoms with E-state index < -0.39 is 0 Å². The molecule has 3 saturated heterocycles. The Balaban J connectivity index is 1.52. The minimum absolute atomic E-state index is 0.201. The van der Waals surface area contributed by atoms with Crippen LogP contribution in [0.25, 0.3) is 0 Å². The van der Waals surface area contributed by atoms with Gasteiger partial charge >= 0.3 is 0 Å². The third-order valence-corrected chi connectivity index (χ3v) is 6.05. The van der Waals surface area contributed by atoms with Crippen molar-refractivity contribution in [1.29, 1.82) is 0 Å². The maximum absolute atomic E-state index is 6.17.